The molecule has 3 saturated heterocycles. The number of piperidine rings is 3. The molecular weight excluding hydrogens is 388 g/mol. The highest BCUT2D eigenvalue weighted by molar-refractivity contribution is 5.78. The summed E-state index contributed by atoms with van der Waals surface area (Å²) in [4.78, 5) is 18.0. The summed E-state index contributed by atoms with van der Waals surface area (Å²) in [5.41, 5.74) is 3.71. The lowest BCUT2D eigenvalue weighted by Gasteiger charge is -2.57. The minimum atomic E-state index is 0.277. The van der Waals surface area contributed by atoms with Crippen LogP contribution in [-0.2, 0) is 24.8 Å². The Balaban J connectivity index is 1.41. The molecule has 3 aliphatic heterocycles. The second-order valence-electron chi connectivity index (χ2n) is 9.75. The van der Waals surface area contributed by atoms with Crippen molar-refractivity contribution in [1.29, 1.82) is 0 Å². The number of methoxy groups -OCH3 is 1. The maximum Gasteiger partial charge on any atom is 0.223 e. The number of amides is 1. The van der Waals surface area contributed by atoms with E-state index in [0.29, 0.717) is 30.2 Å². The third-order valence-corrected chi connectivity index (χ3v) is 7.66. The summed E-state index contributed by atoms with van der Waals surface area (Å²) in [5, 5.41) is 4.54. The van der Waals surface area contributed by atoms with Crippen molar-refractivity contribution in [3.05, 3.63) is 47.3 Å². The van der Waals surface area contributed by atoms with Crippen molar-refractivity contribution in [3.63, 3.8) is 0 Å². The molecule has 5 rings (SSSR count). The first-order valence-corrected chi connectivity index (χ1v) is 11.7. The molecule has 3 fully saturated rings. The Labute approximate surface area is 185 Å². The molecule has 1 amide bonds. The zero-order valence-electron chi connectivity index (χ0n) is 19.0. The van der Waals surface area contributed by atoms with Crippen LogP contribution in [0, 0.1) is 18.8 Å². The zero-order chi connectivity index (χ0) is 21.5. The van der Waals surface area contributed by atoms with Gasteiger partial charge in [-0.2, -0.15) is 5.10 Å². The van der Waals surface area contributed by atoms with Gasteiger partial charge in [0.2, 0.25) is 5.91 Å². The number of fused-ring (bicyclic) bond motifs is 4. The average Bonchev–Trinajstić information content (AvgIpc) is 3.08. The highest BCUT2D eigenvalue weighted by Gasteiger charge is 2.49. The van der Waals surface area contributed by atoms with E-state index < -0.39 is 0 Å². The van der Waals surface area contributed by atoms with E-state index in [0.717, 1.165) is 50.3 Å². The molecule has 1 aromatic heterocycles. The molecule has 6 heteroatoms. The molecule has 0 saturated carbocycles. The van der Waals surface area contributed by atoms with Gasteiger partial charge in [0.1, 0.15) is 5.75 Å². The first kappa shape index (κ1) is 20.6. The average molecular weight is 423 g/mol. The van der Waals surface area contributed by atoms with Gasteiger partial charge in [-0.15, -0.1) is 0 Å². The Bertz CT molecular complexity index is 955. The number of likely N-dealkylation sites (tertiary alicyclic amines) is 1. The predicted octanol–water partition coefficient (Wildman–Crippen LogP) is 3.18. The smallest absolute Gasteiger partial charge is 0.223 e. The Morgan fingerprint density at radius 2 is 2.06 bits per heavy atom. The number of nitrogens with zero attached hydrogens (tertiary/aromatic N) is 4. The van der Waals surface area contributed by atoms with Gasteiger partial charge in [0.25, 0.3) is 0 Å². The first-order chi connectivity index (χ1) is 15.0. The van der Waals surface area contributed by atoms with Gasteiger partial charge in [-0.3, -0.25) is 14.4 Å². The van der Waals surface area contributed by atoms with Crippen LogP contribution in [0.3, 0.4) is 0 Å². The number of hydrogen-bond acceptors (Lipinski definition) is 4. The quantitative estimate of drug-likeness (QED) is 0.743. The summed E-state index contributed by atoms with van der Waals surface area (Å²) in [6.07, 6.45) is 7.21. The number of ether oxygens (including phenoxy) is 1. The van der Waals surface area contributed by atoms with Crippen LogP contribution in [0.25, 0.3) is 0 Å². The Kier molecular flexibility index (Phi) is 5.51. The summed E-state index contributed by atoms with van der Waals surface area (Å²) < 4.78 is 7.37. The maximum atomic E-state index is 13.1. The summed E-state index contributed by atoms with van der Waals surface area (Å²) in [6, 6.07) is 9.04. The third kappa shape index (κ3) is 3.98. The van der Waals surface area contributed by atoms with Crippen molar-refractivity contribution in [2.45, 2.75) is 57.7 Å². The summed E-state index contributed by atoms with van der Waals surface area (Å²) in [7, 11) is 3.71. The van der Waals surface area contributed by atoms with Gasteiger partial charge >= 0.3 is 0 Å². The highest BCUT2D eigenvalue weighted by Crippen LogP contribution is 2.43. The van der Waals surface area contributed by atoms with Crippen molar-refractivity contribution in [1.82, 2.24) is 19.6 Å². The number of carbonyl (C=O) groups excluding carboxylic acids is 1. The monoisotopic (exact) mass is 422 g/mol. The molecule has 0 spiro atoms. The van der Waals surface area contributed by atoms with Gasteiger partial charge in [-0.05, 0) is 62.1 Å². The van der Waals surface area contributed by atoms with Crippen LogP contribution in [0.4, 0.5) is 0 Å². The molecule has 0 aliphatic carbocycles. The lowest BCUT2D eigenvalue weighted by Crippen LogP contribution is -2.65. The van der Waals surface area contributed by atoms with Gasteiger partial charge in [0.15, 0.2) is 0 Å². The van der Waals surface area contributed by atoms with E-state index in [9.17, 15) is 4.79 Å². The van der Waals surface area contributed by atoms with E-state index in [4.69, 9.17) is 4.74 Å². The third-order valence-electron chi connectivity index (χ3n) is 7.66. The van der Waals surface area contributed by atoms with Gasteiger partial charge in [-0.1, -0.05) is 12.1 Å². The van der Waals surface area contributed by atoms with Gasteiger partial charge in [0, 0.05) is 56.9 Å². The van der Waals surface area contributed by atoms with Crippen molar-refractivity contribution in [2.75, 3.05) is 20.2 Å². The van der Waals surface area contributed by atoms with Crippen molar-refractivity contribution in [3.8, 4) is 5.75 Å². The topological polar surface area (TPSA) is 50.6 Å². The molecule has 31 heavy (non-hydrogen) atoms. The number of aromatic nitrogens is 2. The molecule has 2 bridgehead atoms. The minimum absolute atomic E-state index is 0.277. The lowest BCUT2D eigenvalue weighted by molar-refractivity contribution is -0.152. The van der Waals surface area contributed by atoms with Crippen molar-refractivity contribution in [2.24, 2.45) is 18.9 Å². The molecule has 166 valence electrons. The Morgan fingerprint density at radius 3 is 2.84 bits per heavy atom. The van der Waals surface area contributed by atoms with Gasteiger partial charge in [0.05, 0.1) is 12.8 Å². The molecule has 3 aliphatic rings. The number of carbonyl (C=O) groups is 1. The summed E-state index contributed by atoms with van der Waals surface area (Å²) >= 11 is 0. The second kappa shape index (κ2) is 8.30. The molecule has 4 atom stereocenters. The number of hydrogen-bond donors (Lipinski definition) is 0. The molecule has 1 aromatic carbocycles. The molecule has 0 radical (unpaired) electrons. The van der Waals surface area contributed by atoms with Crippen LogP contribution in [0.5, 0.6) is 5.75 Å². The van der Waals surface area contributed by atoms with Crippen LogP contribution in [-0.4, -0.2) is 57.8 Å². The predicted molar refractivity (Wildman–Crippen MR) is 120 cm³/mol. The fourth-order valence-electron chi connectivity index (χ4n) is 6.35. The fourth-order valence-corrected chi connectivity index (χ4v) is 6.35. The maximum absolute atomic E-state index is 13.1. The van der Waals surface area contributed by atoms with Gasteiger partial charge in [-0.25, -0.2) is 0 Å². The van der Waals surface area contributed by atoms with Crippen LogP contribution < -0.4 is 4.74 Å². The highest BCUT2D eigenvalue weighted by atomic mass is 16.5. The molecule has 2 aromatic rings. The Hall–Kier alpha value is -2.34. The van der Waals surface area contributed by atoms with Crippen LogP contribution in [0.15, 0.2) is 30.5 Å². The zero-order valence-corrected chi connectivity index (χ0v) is 19.0. The number of rotatable bonds is 5. The number of aryl methyl sites for hydroxylation is 2. The minimum Gasteiger partial charge on any atom is -0.497 e. The first-order valence-electron chi connectivity index (χ1n) is 11.7. The van der Waals surface area contributed by atoms with Crippen LogP contribution in [0.1, 0.15) is 42.5 Å². The van der Waals surface area contributed by atoms with Gasteiger partial charge < -0.3 is 9.64 Å². The fraction of sp³-hybridized carbons (Fsp3) is 0.600. The molecule has 0 unspecified atom stereocenters. The summed E-state index contributed by atoms with van der Waals surface area (Å²) in [6.45, 7) is 5.20. The van der Waals surface area contributed by atoms with E-state index in [1.54, 1.807) is 7.11 Å². The molecule has 0 N–H and O–H groups in total. The SMILES string of the molecule is COc1cccc(C[C@H]2[C@H]3C[C@H](CN(Cc4cn(C)nc4C)C3)[C@@H]3CCCC(=O)N32)c1. The number of benzene rings is 1. The van der Waals surface area contributed by atoms with Crippen molar-refractivity contribution < 1.29 is 9.53 Å². The molecule has 4 heterocycles. The van der Waals surface area contributed by atoms with E-state index >= 15 is 0 Å². The lowest BCUT2D eigenvalue weighted by atomic mass is 9.70. The van der Waals surface area contributed by atoms with E-state index in [-0.39, 0.29) is 6.04 Å². The van der Waals surface area contributed by atoms with Crippen LogP contribution >= 0.6 is 0 Å². The van der Waals surface area contributed by atoms with E-state index in [2.05, 4.69) is 46.2 Å². The molecular formula is C25H34N4O2. The summed E-state index contributed by atoms with van der Waals surface area (Å²) in [5.74, 6) is 2.36. The normalized spacial score (nSPS) is 28.5. The second-order valence-corrected chi connectivity index (χ2v) is 9.75. The Morgan fingerprint density at radius 1 is 1.23 bits per heavy atom. The largest absolute Gasteiger partial charge is 0.497 e. The standard InChI is InChI=1S/C25H34N4O2/c1-17-21(13-27(2)26-17)16-28-14-19-12-20(15-28)24(29-23(19)8-5-9-25(29)30)11-18-6-4-7-22(10-18)31-3/h4,6-7,10,13,19-20,23-24H,5,8-9,11-12,14-16H2,1-3H3/t19-,20+,23+,24+/m1/s1. The van der Waals surface area contributed by atoms with Crippen molar-refractivity contribution >= 4 is 5.91 Å². The molecule has 6 nitrogen and oxygen atoms in total. The van der Waals surface area contributed by atoms with E-state index in [1.165, 1.54) is 17.5 Å². The van der Waals surface area contributed by atoms with E-state index in [1.807, 2.05) is 17.8 Å². The van der Waals surface area contributed by atoms with Crippen LogP contribution in [0.2, 0.25) is 0 Å².